The van der Waals surface area contributed by atoms with Crippen molar-refractivity contribution >= 4 is 25.9 Å². The van der Waals surface area contributed by atoms with E-state index in [-0.39, 0.29) is 17.1 Å². The van der Waals surface area contributed by atoms with Gasteiger partial charge in [-0.3, -0.25) is 20.2 Å². The van der Waals surface area contributed by atoms with Crippen molar-refractivity contribution in [2.75, 3.05) is 0 Å². The molecule has 0 aliphatic rings. The molecule has 0 aliphatic heterocycles. The van der Waals surface area contributed by atoms with Crippen LogP contribution in [0.1, 0.15) is 0 Å². The van der Waals surface area contributed by atoms with Crippen molar-refractivity contribution < 1.29 is 25.5 Å². The largest absolute Gasteiger partial charge is 0.276 e. The molecular weight excluding hydrogens is 375 g/mol. The van der Waals surface area contributed by atoms with Gasteiger partial charge in [-0.1, -0.05) is 0 Å². The van der Waals surface area contributed by atoms with E-state index in [0.717, 1.165) is 6.07 Å². The Morgan fingerprint density at radius 2 is 1.35 bits per heavy atom. The number of nitro benzene ring substituents is 2. The molecule has 0 fully saturated rings. The van der Waals surface area contributed by atoms with E-state index in [1.807, 2.05) is 0 Å². The summed E-state index contributed by atoms with van der Waals surface area (Å²) in [7, 11) is 0. The van der Waals surface area contributed by atoms with E-state index >= 15 is 0 Å². The van der Waals surface area contributed by atoms with Crippen LogP contribution in [0, 0.1) is 20.2 Å². The monoisotopic (exact) mass is 386 g/mol. The molecule has 0 aliphatic carbocycles. The van der Waals surface area contributed by atoms with E-state index in [1.54, 1.807) is 18.2 Å². The maximum Gasteiger partial charge on any atom is 0.276 e. The van der Waals surface area contributed by atoms with Crippen molar-refractivity contribution in [1.29, 1.82) is 0 Å². The van der Waals surface area contributed by atoms with Crippen LogP contribution in [0.25, 0.3) is 0 Å². The Bertz CT molecular complexity index is 702. The molecule has 10 nitrogen and oxygen atoms in total. The molecule has 23 heavy (non-hydrogen) atoms. The van der Waals surface area contributed by atoms with Crippen molar-refractivity contribution in [3.63, 3.8) is 0 Å². The summed E-state index contributed by atoms with van der Waals surface area (Å²) < 4.78 is 31.5. The van der Waals surface area contributed by atoms with E-state index in [9.17, 15) is 24.0 Å². The number of rotatable bonds is 4. The molecule has 2 aromatic carbocycles. The molecule has 0 amide bonds. The third kappa shape index (κ3) is 7.23. The third-order valence-corrected chi connectivity index (χ3v) is 3.16. The van der Waals surface area contributed by atoms with Crippen molar-refractivity contribution in [2.24, 2.45) is 0 Å². The quantitative estimate of drug-likeness (QED) is 0.454. The van der Waals surface area contributed by atoms with Crippen LogP contribution in [-0.2, 0) is 3.74 Å². The molecule has 2 N–H and O–H groups in total. The van der Waals surface area contributed by atoms with Crippen LogP contribution >= 0.6 is 0 Å². The van der Waals surface area contributed by atoms with Crippen LogP contribution in [0.5, 0.6) is 5.75 Å². The fraction of sp³-hybridized carbons (Fsp3) is 0. The fourth-order valence-electron chi connectivity index (χ4n) is 1.34. The van der Waals surface area contributed by atoms with Crippen molar-refractivity contribution in [3.8, 4) is 5.75 Å². The van der Waals surface area contributed by atoms with Gasteiger partial charge in [-0.2, -0.15) is 0 Å². The predicted octanol–water partition coefficient (Wildman–Crippen LogP) is 1.42. The summed E-state index contributed by atoms with van der Waals surface area (Å²) in [5.74, 6) is 0.194. The zero-order valence-electron chi connectivity index (χ0n) is 11.4. The first-order valence-corrected chi connectivity index (χ1v) is 9.09. The van der Waals surface area contributed by atoms with Gasteiger partial charge in [-0.25, -0.2) is 0 Å². The molecule has 122 valence electrons. The van der Waals surface area contributed by atoms with Crippen LogP contribution in [0.3, 0.4) is 0 Å². The summed E-state index contributed by atoms with van der Waals surface area (Å²) in [5, 5.41) is 20.3. The second-order valence-electron chi connectivity index (χ2n) is 3.93. The third-order valence-electron chi connectivity index (χ3n) is 2.22. The van der Waals surface area contributed by atoms with Gasteiger partial charge in [0.1, 0.15) is 0 Å². The van der Waals surface area contributed by atoms with Gasteiger partial charge in [-0.15, -0.1) is 0 Å². The topological polar surface area (TPSA) is 153 Å². The van der Waals surface area contributed by atoms with Gasteiger partial charge in [0.15, 0.2) is 0 Å². The zero-order chi connectivity index (χ0) is 17.5. The number of hydrogen-bond donors (Lipinski definition) is 2. The second-order valence-corrected chi connectivity index (χ2v) is 6.37. The van der Waals surface area contributed by atoms with Crippen LogP contribution < -0.4 is 3.73 Å². The van der Waals surface area contributed by atoms with Crippen molar-refractivity contribution in [2.45, 2.75) is 0 Å². The van der Waals surface area contributed by atoms with Gasteiger partial charge < -0.3 is 0 Å². The smallest absolute Gasteiger partial charge is 0.258 e. The second kappa shape index (κ2) is 8.08. The van der Waals surface area contributed by atoms with Gasteiger partial charge in [-0.05, 0) is 6.07 Å². The number of non-ortho nitro benzene ring substituents is 2. The van der Waals surface area contributed by atoms with E-state index in [0.29, 0.717) is 0 Å². The summed E-state index contributed by atoms with van der Waals surface area (Å²) >= 11 is -4.96. The predicted molar refractivity (Wildman–Crippen MR) is 77.7 cm³/mol. The van der Waals surface area contributed by atoms with Gasteiger partial charge in [0.2, 0.25) is 0 Å². The fourth-order valence-corrected chi connectivity index (χ4v) is 2.17. The Morgan fingerprint density at radius 1 is 0.870 bits per heavy atom. The first-order valence-electron chi connectivity index (χ1n) is 5.88. The molecule has 0 atom stereocenters. The van der Waals surface area contributed by atoms with Gasteiger partial charge in [0.25, 0.3) is 11.4 Å². The summed E-state index contributed by atoms with van der Waals surface area (Å²) in [5.41, 5.74) is -0.548. The average Bonchev–Trinajstić information content (AvgIpc) is 2.47. The Labute approximate surface area is 132 Å². The van der Waals surface area contributed by atoms with Gasteiger partial charge in [0, 0.05) is 12.1 Å². The SMILES string of the molecule is O=[As](O)(O)Oc1ccccc1.O=[N+]([O-])c1cccc([N+](=O)[O-])c1. The van der Waals surface area contributed by atoms with Crippen molar-refractivity contribution in [3.05, 3.63) is 74.8 Å². The molecular formula is C12H11AsN2O8. The molecule has 2 aromatic rings. The maximum absolute atomic E-state index is 10.3. The van der Waals surface area contributed by atoms with Gasteiger partial charge in [0.05, 0.1) is 15.9 Å². The number of para-hydroxylation sites is 1. The van der Waals surface area contributed by atoms with Crippen LogP contribution in [0.15, 0.2) is 54.6 Å². The van der Waals surface area contributed by atoms with Crippen molar-refractivity contribution in [1.82, 2.24) is 0 Å². The molecule has 0 unspecified atom stereocenters. The zero-order valence-corrected chi connectivity index (χ0v) is 13.3. The van der Waals surface area contributed by atoms with E-state index < -0.39 is 24.4 Å². The molecule has 0 aromatic heterocycles. The summed E-state index contributed by atoms with van der Waals surface area (Å²) in [4.78, 5) is 19.0. The van der Waals surface area contributed by atoms with Gasteiger partial charge >= 0.3 is 66.3 Å². The standard InChI is InChI=1S/C6H7AsO4.C6H4N2O4/c8-7(9,10)11-6-4-2-1-3-5-6;9-7(10)5-2-1-3-6(4-5)8(11)12/h1-5H,(H2,8,9,10);1-4H. The minimum atomic E-state index is -4.96. The summed E-state index contributed by atoms with van der Waals surface area (Å²) in [6.45, 7) is 0. The summed E-state index contributed by atoms with van der Waals surface area (Å²) in [6.07, 6.45) is 0. The number of benzene rings is 2. The van der Waals surface area contributed by atoms with Crippen LogP contribution in [0.4, 0.5) is 11.4 Å². The number of hydrogen-bond acceptors (Lipinski definition) is 6. The molecule has 0 heterocycles. The summed E-state index contributed by atoms with van der Waals surface area (Å²) in [6, 6.07) is 12.6. The first-order chi connectivity index (χ1) is 10.7. The first kappa shape index (κ1) is 18.4. The Balaban J connectivity index is 0.000000231. The molecule has 2 rings (SSSR count). The molecule has 0 spiro atoms. The number of nitrogens with zero attached hydrogens (tertiary/aromatic N) is 2. The normalized spacial score (nSPS) is 10.2. The van der Waals surface area contributed by atoms with E-state index in [1.165, 1.54) is 30.3 Å². The minimum Gasteiger partial charge on any atom is -0.258 e. The molecule has 0 saturated heterocycles. The molecule has 0 bridgehead atoms. The molecule has 11 heteroatoms. The van der Waals surface area contributed by atoms with E-state index in [2.05, 4.69) is 3.73 Å². The molecule has 0 radical (unpaired) electrons. The van der Waals surface area contributed by atoms with Crippen LogP contribution in [-0.4, -0.2) is 32.6 Å². The maximum atomic E-state index is 10.3. The Morgan fingerprint density at radius 3 is 1.74 bits per heavy atom. The molecule has 0 saturated carbocycles. The minimum absolute atomic E-state index is 0.194. The number of nitro groups is 2. The Hall–Kier alpha value is -2.68. The van der Waals surface area contributed by atoms with Crippen LogP contribution in [0.2, 0.25) is 0 Å². The van der Waals surface area contributed by atoms with E-state index in [4.69, 9.17) is 8.19 Å². The average molecular weight is 386 g/mol. The Kier molecular flexibility index (Phi) is 6.46.